The minimum Gasteiger partial charge on any atom is -0.479 e. The topological polar surface area (TPSA) is 115 Å². The number of carbonyl (C=O) groups excluding carboxylic acids is 1. The van der Waals surface area contributed by atoms with Crippen molar-refractivity contribution in [2.24, 2.45) is 11.5 Å². The van der Waals surface area contributed by atoms with Crippen molar-refractivity contribution in [3.05, 3.63) is 47.1 Å². The van der Waals surface area contributed by atoms with E-state index < -0.39 is 11.7 Å². The van der Waals surface area contributed by atoms with Crippen LogP contribution >= 0.6 is 0 Å². The highest BCUT2D eigenvalue weighted by Gasteiger charge is 2.12. The quantitative estimate of drug-likeness (QED) is 0.517. The standard InChI is InChI=1S/C15H22FN5O2.C2H6/c1-19-7-11(13(18)4-3-5-17)9-20-14(22)10-6-12(16)15(23-2)21-8-10;1-2/h3-4,6,8,19H,5,7,9,17-18H2,1-2H3,(H,20,22);1-2H3/b4-3-,13-11+;. The Kier molecular flexibility index (Phi) is 11.6. The fraction of sp³-hybridized carbons (Fsp3) is 0.412. The summed E-state index contributed by atoms with van der Waals surface area (Å²) in [5.74, 6) is -1.31. The van der Waals surface area contributed by atoms with Crippen molar-refractivity contribution < 1.29 is 13.9 Å². The highest BCUT2D eigenvalue weighted by atomic mass is 19.1. The highest BCUT2D eigenvalue weighted by molar-refractivity contribution is 5.94. The molecule has 0 saturated heterocycles. The lowest BCUT2D eigenvalue weighted by Crippen LogP contribution is -2.30. The van der Waals surface area contributed by atoms with Crippen LogP contribution in [0.4, 0.5) is 4.39 Å². The zero-order chi connectivity index (χ0) is 19.2. The van der Waals surface area contributed by atoms with Crippen LogP contribution in [-0.2, 0) is 0 Å². The number of likely N-dealkylation sites (N-methyl/N-ethyl adjacent to an activating group) is 1. The molecule has 0 spiro atoms. The molecular formula is C17H28FN5O2. The summed E-state index contributed by atoms with van der Waals surface area (Å²) < 4.78 is 18.3. The molecule has 0 aliphatic carbocycles. The fourth-order valence-corrected chi connectivity index (χ4v) is 1.78. The molecule has 1 aromatic heterocycles. The lowest BCUT2D eigenvalue weighted by atomic mass is 10.1. The van der Waals surface area contributed by atoms with Gasteiger partial charge in [0.15, 0.2) is 5.82 Å². The molecular weight excluding hydrogens is 325 g/mol. The summed E-state index contributed by atoms with van der Waals surface area (Å²) in [4.78, 5) is 15.8. The van der Waals surface area contributed by atoms with E-state index in [0.29, 0.717) is 18.8 Å². The van der Waals surface area contributed by atoms with Gasteiger partial charge in [0.05, 0.1) is 12.7 Å². The summed E-state index contributed by atoms with van der Waals surface area (Å²) in [7, 11) is 3.07. The van der Waals surface area contributed by atoms with Crippen molar-refractivity contribution in [3.63, 3.8) is 0 Å². The van der Waals surface area contributed by atoms with Gasteiger partial charge in [0.1, 0.15) is 0 Å². The number of amides is 1. The minimum absolute atomic E-state index is 0.100. The Morgan fingerprint density at radius 2 is 2.08 bits per heavy atom. The van der Waals surface area contributed by atoms with E-state index in [9.17, 15) is 9.18 Å². The first-order chi connectivity index (χ1) is 12.0. The average molecular weight is 353 g/mol. The molecule has 140 valence electrons. The van der Waals surface area contributed by atoms with Crippen molar-refractivity contribution >= 4 is 5.91 Å². The molecule has 0 atom stereocenters. The molecule has 0 bridgehead atoms. The van der Waals surface area contributed by atoms with Gasteiger partial charge in [-0.15, -0.1) is 0 Å². The Bertz CT molecular complexity index is 603. The van der Waals surface area contributed by atoms with Gasteiger partial charge in [-0.2, -0.15) is 0 Å². The first-order valence-electron chi connectivity index (χ1n) is 7.99. The lowest BCUT2D eigenvalue weighted by Gasteiger charge is -2.11. The van der Waals surface area contributed by atoms with Crippen molar-refractivity contribution in [1.82, 2.24) is 15.6 Å². The maximum atomic E-state index is 13.6. The first kappa shape index (κ1) is 22.6. The van der Waals surface area contributed by atoms with Crippen molar-refractivity contribution in [2.45, 2.75) is 13.8 Å². The fourth-order valence-electron chi connectivity index (χ4n) is 1.78. The number of ether oxygens (including phenoxy) is 1. The van der Waals surface area contributed by atoms with Crippen LogP contribution in [0.3, 0.4) is 0 Å². The van der Waals surface area contributed by atoms with E-state index in [4.69, 9.17) is 16.2 Å². The SMILES string of the molecule is CC.CNC/C(CNC(=O)c1cnc(OC)c(F)c1)=C(N)/C=C\CN. The number of nitrogens with one attached hydrogen (secondary N) is 2. The van der Waals surface area contributed by atoms with Crippen molar-refractivity contribution in [3.8, 4) is 5.88 Å². The van der Waals surface area contributed by atoms with Gasteiger partial charge in [-0.3, -0.25) is 4.79 Å². The number of pyridine rings is 1. The Balaban J connectivity index is 0.00000277. The zero-order valence-electron chi connectivity index (χ0n) is 15.2. The second-order valence-electron chi connectivity index (χ2n) is 4.63. The van der Waals surface area contributed by atoms with Gasteiger partial charge in [0.2, 0.25) is 5.88 Å². The Hall–Kier alpha value is -2.45. The number of nitrogens with two attached hydrogens (primary N) is 2. The van der Waals surface area contributed by atoms with Gasteiger partial charge in [-0.05, 0) is 24.8 Å². The first-order valence-corrected chi connectivity index (χ1v) is 7.99. The number of nitrogens with zero attached hydrogens (tertiary/aromatic N) is 1. The van der Waals surface area contributed by atoms with Crippen LogP contribution in [0.25, 0.3) is 0 Å². The predicted octanol–water partition coefficient (Wildman–Crippen LogP) is 0.932. The third-order valence-electron chi connectivity index (χ3n) is 2.96. The van der Waals surface area contributed by atoms with E-state index in [1.807, 2.05) is 13.8 Å². The maximum Gasteiger partial charge on any atom is 0.253 e. The van der Waals surface area contributed by atoms with Gasteiger partial charge < -0.3 is 26.8 Å². The van der Waals surface area contributed by atoms with E-state index in [2.05, 4.69) is 15.6 Å². The third-order valence-corrected chi connectivity index (χ3v) is 2.96. The largest absolute Gasteiger partial charge is 0.479 e. The molecule has 0 aliphatic rings. The lowest BCUT2D eigenvalue weighted by molar-refractivity contribution is 0.0956. The molecule has 0 unspecified atom stereocenters. The van der Waals surface area contributed by atoms with Crippen molar-refractivity contribution in [2.75, 3.05) is 33.8 Å². The van der Waals surface area contributed by atoms with Crippen LogP contribution in [0.1, 0.15) is 24.2 Å². The number of allylic oxidation sites excluding steroid dienone is 1. The summed E-state index contributed by atoms with van der Waals surface area (Å²) in [6, 6.07) is 1.07. The average Bonchev–Trinajstić information content (AvgIpc) is 2.64. The predicted molar refractivity (Wildman–Crippen MR) is 97.8 cm³/mol. The van der Waals surface area contributed by atoms with Crippen LogP contribution in [0.15, 0.2) is 35.7 Å². The molecule has 25 heavy (non-hydrogen) atoms. The van der Waals surface area contributed by atoms with Gasteiger partial charge in [0.25, 0.3) is 5.91 Å². The zero-order valence-corrected chi connectivity index (χ0v) is 15.2. The summed E-state index contributed by atoms with van der Waals surface area (Å²) in [6.07, 6.45) is 4.65. The summed E-state index contributed by atoms with van der Waals surface area (Å²) in [5.41, 5.74) is 12.7. The smallest absolute Gasteiger partial charge is 0.253 e. The summed E-state index contributed by atoms with van der Waals surface area (Å²) in [6.45, 7) is 5.08. The molecule has 0 aliphatic heterocycles. The number of halogens is 1. The normalized spacial score (nSPS) is 11.4. The molecule has 6 N–H and O–H groups in total. The molecule has 1 heterocycles. The second kappa shape index (κ2) is 12.9. The Morgan fingerprint density at radius 1 is 1.40 bits per heavy atom. The number of carbonyl (C=O) groups is 1. The molecule has 1 aromatic rings. The molecule has 0 radical (unpaired) electrons. The Labute approximate surface area is 148 Å². The number of methoxy groups -OCH3 is 1. The molecule has 0 saturated carbocycles. The molecule has 7 nitrogen and oxygen atoms in total. The third kappa shape index (κ3) is 7.77. The molecule has 1 rings (SSSR count). The number of hydrogen-bond donors (Lipinski definition) is 4. The maximum absolute atomic E-state index is 13.6. The van der Waals surface area contributed by atoms with Crippen LogP contribution in [0.2, 0.25) is 0 Å². The van der Waals surface area contributed by atoms with E-state index in [1.165, 1.54) is 13.3 Å². The van der Waals surface area contributed by atoms with E-state index in [-0.39, 0.29) is 18.0 Å². The van der Waals surface area contributed by atoms with Crippen LogP contribution < -0.4 is 26.8 Å². The minimum atomic E-state index is -0.698. The monoisotopic (exact) mass is 353 g/mol. The Morgan fingerprint density at radius 3 is 2.60 bits per heavy atom. The number of aromatic nitrogens is 1. The van der Waals surface area contributed by atoms with Crippen molar-refractivity contribution in [1.29, 1.82) is 0 Å². The summed E-state index contributed by atoms with van der Waals surface area (Å²) >= 11 is 0. The summed E-state index contributed by atoms with van der Waals surface area (Å²) in [5, 5.41) is 5.65. The van der Waals surface area contributed by atoms with E-state index >= 15 is 0 Å². The van der Waals surface area contributed by atoms with Gasteiger partial charge in [-0.25, -0.2) is 9.37 Å². The van der Waals surface area contributed by atoms with Crippen LogP contribution in [-0.4, -0.2) is 44.7 Å². The second-order valence-corrected chi connectivity index (χ2v) is 4.63. The van der Waals surface area contributed by atoms with E-state index in [1.54, 1.807) is 19.2 Å². The van der Waals surface area contributed by atoms with Gasteiger partial charge in [-0.1, -0.05) is 19.9 Å². The van der Waals surface area contributed by atoms with Gasteiger partial charge >= 0.3 is 0 Å². The number of hydrogen-bond acceptors (Lipinski definition) is 6. The highest BCUT2D eigenvalue weighted by Crippen LogP contribution is 2.13. The molecule has 8 heteroatoms. The van der Waals surface area contributed by atoms with E-state index in [0.717, 1.165) is 11.6 Å². The number of rotatable bonds is 8. The van der Waals surface area contributed by atoms with Crippen LogP contribution in [0, 0.1) is 5.82 Å². The molecule has 0 fully saturated rings. The van der Waals surface area contributed by atoms with Crippen LogP contribution in [0.5, 0.6) is 5.88 Å². The molecule has 1 amide bonds. The van der Waals surface area contributed by atoms with Gasteiger partial charge in [0, 0.05) is 31.5 Å². The molecule has 0 aromatic carbocycles.